The van der Waals surface area contributed by atoms with Crippen molar-refractivity contribution in [2.24, 2.45) is 0 Å². The topological polar surface area (TPSA) is 65.0 Å². The molecule has 0 fully saturated rings. The predicted molar refractivity (Wildman–Crippen MR) is 245 cm³/mol. The molecule has 0 unspecified atom stereocenters. The highest BCUT2D eigenvalue weighted by Gasteiger charge is 2.19. The number of para-hydroxylation sites is 3. The molecule has 0 radical (unpaired) electrons. The van der Waals surface area contributed by atoms with Crippen molar-refractivity contribution in [1.82, 2.24) is 15.0 Å². The molecule has 12 rings (SSSR count). The van der Waals surface area contributed by atoms with Crippen LogP contribution in [0.25, 0.3) is 122 Å². The third kappa shape index (κ3) is 5.67. The summed E-state index contributed by atoms with van der Waals surface area (Å²) in [6.45, 7) is 0. The maximum Gasteiger partial charge on any atom is 0.160 e. The molecule has 5 nitrogen and oxygen atoms in total. The minimum atomic E-state index is 0.669. The van der Waals surface area contributed by atoms with Gasteiger partial charge in [0.1, 0.15) is 22.3 Å². The number of furan rings is 2. The van der Waals surface area contributed by atoms with Gasteiger partial charge in [0.15, 0.2) is 5.82 Å². The van der Waals surface area contributed by atoms with Crippen LogP contribution < -0.4 is 0 Å². The highest BCUT2D eigenvalue weighted by atomic mass is 16.3. The van der Waals surface area contributed by atoms with Crippen LogP contribution in [0.3, 0.4) is 0 Å². The van der Waals surface area contributed by atoms with Crippen molar-refractivity contribution < 1.29 is 8.83 Å². The molecule has 0 saturated carbocycles. The normalized spacial score (nSPS) is 11.7. The second-order valence-electron chi connectivity index (χ2n) is 15.1. The van der Waals surface area contributed by atoms with Gasteiger partial charge in [-0.2, -0.15) is 0 Å². The molecule has 0 aliphatic heterocycles. The molecule has 60 heavy (non-hydrogen) atoms. The lowest BCUT2D eigenvalue weighted by Gasteiger charge is -2.12. The van der Waals surface area contributed by atoms with Crippen molar-refractivity contribution in [2.45, 2.75) is 0 Å². The molecule has 0 spiro atoms. The summed E-state index contributed by atoms with van der Waals surface area (Å²) in [6.07, 6.45) is 1.87. The first-order valence-corrected chi connectivity index (χ1v) is 20.1. The summed E-state index contributed by atoms with van der Waals surface area (Å²) in [7, 11) is 0. The molecule has 12 aromatic rings. The van der Waals surface area contributed by atoms with Gasteiger partial charge in [-0.1, -0.05) is 146 Å². The van der Waals surface area contributed by atoms with Gasteiger partial charge >= 0.3 is 0 Å². The average molecular weight is 768 g/mol. The van der Waals surface area contributed by atoms with Crippen molar-refractivity contribution >= 4 is 54.8 Å². The lowest BCUT2D eigenvalue weighted by Crippen LogP contribution is -1.96. The molecule has 8 aromatic carbocycles. The van der Waals surface area contributed by atoms with Crippen LogP contribution in [0, 0.1) is 0 Å². The highest BCUT2D eigenvalue weighted by molar-refractivity contribution is 6.17. The number of hydrogen-bond donors (Lipinski definition) is 0. The first kappa shape index (κ1) is 33.9. The maximum absolute atomic E-state index is 6.70. The molecule has 4 heterocycles. The van der Waals surface area contributed by atoms with Crippen LogP contribution in [-0.2, 0) is 0 Å². The number of fused-ring (bicyclic) bond motifs is 7. The third-order valence-electron chi connectivity index (χ3n) is 11.6. The summed E-state index contributed by atoms with van der Waals surface area (Å²) in [5.41, 5.74) is 15.7. The first-order valence-electron chi connectivity index (χ1n) is 20.1. The molecule has 0 saturated heterocycles. The molecular formula is C55H33N3O2. The van der Waals surface area contributed by atoms with E-state index >= 15 is 0 Å². The number of aromatic nitrogens is 3. The number of benzene rings is 8. The molecule has 0 aliphatic rings. The standard InChI is InChI=1S/C55H33N3O2/c1-2-10-36(11-3-1)48-33-49(58-55(57-48)38-24-20-34(21-25-38)40-30-31-56-47-15-7-4-12-43(40)47)37-22-18-35(19-23-37)42-28-27-41(53-45-14-6-9-17-51(45)60-54(42)53)39-26-29-52-46(32-39)44-13-5-8-16-50(44)59-52/h1-33H. The minimum Gasteiger partial charge on any atom is -0.456 e. The fraction of sp³-hybridized carbons (Fsp3) is 0. The molecular weight excluding hydrogens is 735 g/mol. The van der Waals surface area contributed by atoms with Crippen molar-refractivity contribution in [1.29, 1.82) is 0 Å². The Morgan fingerprint density at radius 3 is 1.68 bits per heavy atom. The summed E-state index contributed by atoms with van der Waals surface area (Å²) in [6, 6.07) is 67.2. The SMILES string of the molecule is c1ccc(-c2cc(-c3ccc(-c4ccc(-c5ccc6oc7ccccc7c6c5)c5c4oc4ccccc45)cc3)nc(-c3ccc(-c4ccnc5ccccc45)cc3)n2)cc1. The van der Waals surface area contributed by atoms with E-state index < -0.39 is 0 Å². The Balaban J connectivity index is 0.941. The lowest BCUT2D eigenvalue weighted by molar-refractivity contribution is 0.669. The Morgan fingerprint density at radius 1 is 0.333 bits per heavy atom. The zero-order valence-electron chi connectivity index (χ0n) is 32.2. The quantitative estimate of drug-likeness (QED) is 0.169. The average Bonchev–Trinajstić information content (AvgIpc) is 3.90. The summed E-state index contributed by atoms with van der Waals surface area (Å²) >= 11 is 0. The molecule has 0 bridgehead atoms. The van der Waals surface area contributed by atoms with E-state index in [0.29, 0.717) is 5.82 Å². The van der Waals surface area contributed by atoms with Crippen molar-refractivity contribution in [2.75, 3.05) is 0 Å². The van der Waals surface area contributed by atoms with E-state index in [-0.39, 0.29) is 0 Å². The second kappa shape index (κ2) is 13.8. The third-order valence-corrected chi connectivity index (χ3v) is 11.6. The van der Waals surface area contributed by atoms with Gasteiger partial charge in [0.05, 0.1) is 16.9 Å². The van der Waals surface area contributed by atoms with Gasteiger partial charge in [0, 0.05) is 55.4 Å². The number of nitrogens with zero attached hydrogens (tertiary/aromatic N) is 3. The number of hydrogen-bond acceptors (Lipinski definition) is 5. The van der Waals surface area contributed by atoms with E-state index in [1.807, 2.05) is 60.8 Å². The van der Waals surface area contributed by atoms with E-state index in [9.17, 15) is 0 Å². The zero-order valence-corrected chi connectivity index (χ0v) is 32.2. The summed E-state index contributed by atoms with van der Waals surface area (Å²) < 4.78 is 12.9. The van der Waals surface area contributed by atoms with E-state index in [2.05, 4.69) is 145 Å². The highest BCUT2D eigenvalue weighted by Crippen LogP contribution is 2.43. The van der Waals surface area contributed by atoms with Gasteiger partial charge < -0.3 is 8.83 Å². The molecule has 0 aliphatic carbocycles. The Hall–Kier alpha value is -8.15. The van der Waals surface area contributed by atoms with Crippen LogP contribution in [0.15, 0.2) is 209 Å². The molecule has 4 aromatic heterocycles. The minimum absolute atomic E-state index is 0.669. The van der Waals surface area contributed by atoms with Crippen LogP contribution in [0.5, 0.6) is 0 Å². The van der Waals surface area contributed by atoms with E-state index in [0.717, 1.165) is 116 Å². The molecule has 5 heteroatoms. The van der Waals surface area contributed by atoms with Crippen LogP contribution in [0.2, 0.25) is 0 Å². The summed E-state index contributed by atoms with van der Waals surface area (Å²) in [5, 5.41) is 5.51. The fourth-order valence-corrected chi connectivity index (χ4v) is 8.64. The maximum atomic E-state index is 6.70. The van der Waals surface area contributed by atoms with Crippen LogP contribution in [0.4, 0.5) is 0 Å². The summed E-state index contributed by atoms with van der Waals surface area (Å²) in [5.74, 6) is 0.669. The largest absolute Gasteiger partial charge is 0.456 e. The van der Waals surface area contributed by atoms with Gasteiger partial charge in [-0.05, 0) is 76.3 Å². The molecule has 0 atom stereocenters. The lowest BCUT2D eigenvalue weighted by atomic mass is 9.93. The van der Waals surface area contributed by atoms with E-state index in [1.54, 1.807) is 0 Å². The van der Waals surface area contributed by atoms with Gasteiger partial charge in [-0.25, -0.2) is 9.97 Å². The molecule has 0 amide bonds. The monoisotopic (exact) mass is 767 g/mol. The first-order chi connectivity index (χ1) is 29.7. The van der Waals surface area contributed by atoms with Gasteiger partial charge in [0.2, 0.25) is 0 Å². The Kier molecular flexibility index (Phi) is 7.78. The Labute approximate surface area is 344 Å². The predicted octanol–water partition coefficient (Wildman–Crippen LogP) is 14.8. The Bertz CT molecular complexity index is 3580. The van der Waals surface area contributed by atoms with Gasteiger partial charge in [-0.15, -0.1) is 0 Å². The van der Waals surface area contributed by atoms with Crippen molar-refractivity contribution in [3.63, 3.8) is 0 Å². The van der Waals surface area contributed by atoms with E-state index in [1.165, 1.54) is 0 Å². The molecule has 0 N–H and O–H groups in total. The second-order valence-corrected chi connectivity index (χ2v) is 15.1. The zero-order chi connectivity index (χ0) is 39.6. The van der Waals surface area contributed by atoms with Gasteiger partial charge in [0.25, 0.3) is 0 Å². The van der Waals surface area contributed by atoms with Crippen LogP contribution in [-0.4, -0.2) is 15.0 Å². The summed E-state index contributed by atoms with van der Waals surface area (Å²) in [4.78, 5) is 14.8. The number of rotatable bonds is 6. The van der Waals surface area contributed by atoms with E-state index in [4.69, 9.17) is 18.8 Å². The van der Waals surface area contributed by atoms with Crippen LogP contribution >= 0.6 is 0 Å². The van der Waals surface area contributed by atoms with Crippen LogP contribution in [0.1, 0.15) is 0 Å². The molecule has 280 valence electrons. The van der Waals surface area contributed by atoms with Crippen molar-refractivity contribution in [3.8, 4) is 67.3 Å². The smallest absolute Gasteiger partial charge is 0.160 e. The Morgan fingerprint density at radius 2 is 0.900 bits per heavy atom. The number of pyridine rings is 1. The van der Waals surface area contributed by atoms with Gasteiger partial charge in [-0.3, -0.25) is 4.98 Å². The van der Waals surface area contributed by atoms with Crippen molar-refractivity contribution in [3.05, 3.63) is 200 Å². The fourth-order valence-electron chi connectivity index (χ4n) is 8.64.